The summed E-state index contributed by atoms with van der Waals surface area (Å²) in [7, 11) is -2.54. The highest BCUT2D eigenvalue weighted by Crippen LogP contribution is 2.27. The molecular formula is C10H10N6O4S. The van der Waals surface area contributed by atoms with E-state index in [-0.39, 0.29) is 22.2 Å². The van der Waals surface area contributed by atoms with Crippen LogP contribution in [0, 0.1) is 10.1 Å². The van der Waals surface area contributed by atoms with Crippen molar-refractivity contribution in [2.24, 2.45) is 0 Å². The first kappa shape index (κ1) is 14.6. The fourth-order valence-corrected chi connectivity index (χ4v) is 2.67. The van der Waals surface area contributed by atoms with Gasteiger partial charge in [0.05, 0.1) is 23.0 Å². The highest BCUT2D eigenvalue weighted by atomic mass is 32.2. The Labute approximate surface area is 119 Å². The number of nitro groups is 1. The van der Waals surface area contributed by atoms with Crippen LogP contribution in [0.15, 0.2) is 35.5 Å². The molecule has 10 nitrogen and oxygen atoms in total. The molecule has 11 heteroatoms. The molecule has 0 amide bonds. The van der Waals surface area contributed by atoms with Gasteiger partial charge in [-0.1, -0.05) is 0 Å². The van der Waals surface area contributed by atoms with E-state index in [1.54, 1.807) is 0 Å². The Hall–Kier alpha value is -2.82. The number of anilines is 2. The van der Waals surface area contributed by atoms with E-state index in [9.17, 15) is 18.5 Å². The van der Waals surface area contributed by atoms with Gasteiger partial charge in [-0.05, 0) is 6.07 Å². The second-order valence-corrected chi connectivity index (χ2v) is 5.41. The van der Waals surface area contributed by atoms with Gasteiger partial charge < -0.3 is 5.32 Å². The van der Waals surface area contributed by atoms with Crippen LogP contribution in [0.3, 0.4) is 0 Å². The van der Waals surface area contributed by atoms with Crippen molar-refractivity contribution in [1.29, 1.82) is 0 Å². The number of nitrogens with one attached hydrogen (secondary N) is 2. The van der Waals surface area contributed by atoms with E-state index in [2.05, 4.69) is 25.2 Å². The minimum absolute atomic E-state index is 0.0839. The number of rotatable bonds is 5. The molecule has 0 aliphatic rings. The van der Waals surface area contributed by atoms with Crippen LogP contribution in [0.1, 0.15) is 0 Å². The van der Waals surface area contributed by atoms with Gasteiger partial charge in [0.1, 0.15) is 4.90 Å². The molecule has 1 heterocycles. The molecule has 0 unspecified atom stereocenters. The third kappa shape index (κ3) is 3.20. The van der Waals surface area contributed by atoms with Crippen LogP contribution in [-0.4, -0.2) is 35.6 Å². The standard InChI is InChI=1S/C10H10N6O4S/c1-11-8-6-7(16(17)18)2-3-9(8)21(19,20)15-10-12-4-5-13-14-10/h2-6,11H,1H3,(H,12,14,15). The Kier molecular flexibility index (Phi) is 3.93. The normalized spacial score (nSPS) is 10.9. The summed E-state index contributed by atoms with van der Waals surface area (Å²) in [5.74, 6) is -0.196. The van der Waals surface area contributed by atoms with E-state index in [0.717, 1.165) is 18.2 Å². The quantitative estimate of drug-likeness (QED) is 0.605. The van der Waals surface area contributed by atoms with Crippen molar-refractivity contribution in [3.8, 4) is 0 Å². The lowest BCUT2D eigenvalue weighted by molar-refractivity contribution is -0.384. The van der Waals surface area contributed by atoms with Crippen molar-refractivity contribution in [3.05, 3.63) is 40.7 Å². The number of sulfonamides is 1. The summed E-state index contributed by atoms with van der Waals surface area (Å²) in [6, 6.07) is 3.35. The molecule has 0 fully saturated rings. The van der Waals surface area contributed by atoms with Gasteiger partial charge in [-0.15, -0.1) is 5.10 Å². The number of hydrogen-bond acceptors (Lipinski definition) is 8. The fraction of sp³-hybridized carbons (Fsp3) is 0.100. The van der Waals surface area contributed by atoms with Crippen LogP contribution in [0.4, 0.5) is 17.3 Å². The largest absolute Gasteiger partial charge is 0.387 e. The molecule has 1 aromatic carbocycles. The topological polar surface area (TPSA) is 140 Å². The molecule has 2 aromatic rings. The van der Waals surface area contributed by atoms with E-state index in [0.29, 0.717) is 0 Å². The van der Waals surface area contributed by atoms with Gasteiger partial charge in [0.15, 0.2) is 0 Å². The predicted octanol–water partition coefficient (Wildman–Crippen LogP) is 0.622. The first-order valence-electron chi connectivity index (χ1n) is 5.57. The molecular weight excluding hydrogens is 300 g/mol. The summed E-state index contributed by atoms with van der Waals surface area (Å²) >= 11 is 0. The third-order valence-electron chi connectivity index (χ3n) is 2.44. The molecule has 2 N–H and O–H groups in total. The fourth-order valence-electron chi connectivity index (χ4n) is 1.53. The Balaban J connectivity index is 2.42. The van der Waals surface area contributed by atoms with Gasteiger partial charge in [-0.25, -0.2) is 18.1 Å². The van der Waals surface area contributed by atoms with Gasteiger partial charge in [-0.2, -0.15) is 5.10 Å². The predicted molar refractivity (Wildman–Crippen MR) is 73.3 cm³/mol. The zero-order valence-corrected chi connectivity index (χ0v) is 11.5. The molecule has 0 atom stereocenters. The number of aromatic nitrogens is 3. The molecule has 2 rings (SSSR count). The monoisotopic (exact) mass is 310 g/mol. The van der Waals surface area contributed by atoms with Crippen LogP contribution in [-0.2, 0) is 10.0 Å². The number of hydrogen-bond donors (Lipinski definition) is 2. The zero-order valence-electron chi connectivity index (χ0n) is 10.7. The summed E-state index contributed by atoms with van der Waals surface area (Å²) in [5.41, 5.74) is -0.142. The second kappa shape index (κ2) is 5.66. The molecule has 0 bridgehead atoms. The molecule has 110 valence electrons. The summed E-state index contributed by atoms with van der Waals surface area (Å²) in [6.07, 6.45) is 2.57. The van der Waals surface area contributed by atoms with Crippen LogP contribution in [0.5, 0.6) is 0 Å². The Morgan fingerprint density at radius 3 is 2.62 bits per heavy atom. The molecule has 0 radical (unpaired) electrons. The van der Waals surface area contributed by atoms with Crippen molar-refractivity contribution >= 4 is 27.3 Å². The van der Waals surface area contributed by atoms with E-state index in [4.69, 9.17) is 0 Å². The summed E-state index contributed by atoms with van der Waals surface area (Å²) in [4.78, 5) is 13.6. The highest BCUT2D eigenvalue weighted by Gasteiger charge is 2.22. The minimum Gasteiger partial charge on any atom is -0.387 e. The maximum atomic E-state index is 12.2. The maximum Gasteiger partial charge on any atom is 0.271 e. The maximum absolute atomic E-state index is 12.2. The van der Waals surface area contributed by atoms with Crippen LogP contribution in [0.2, 0.25) is 0 Å². The average molecular weight is 310 g/mol. The van der Waals surface area contributed by atoms with Crippen molar-refractivity contribution in [3.63, 3.8) is 0 Å². The zero-order chi connectivity index (χ0) is 15.5. The summed E-state index contributed by atoms with van der Waals surface area (Å²) < 4.78 is 26.6. The van der Waals surface area contributed by atoms with Crippen LogP contribution in [0.25, 0.3) is 0 Å². The Bertz CT molecular complexity index is 764. The van der Waals surface area contributed by atoms with Gasteiger partial charge in [-0.3, -0.25) is 10.1 Å². The Morgan fingerprint density at radius 2 is 2.05 bits per heavy atom. The van der Waals surface area contributed by atoms with Crippen molar-refractivity contribution in [1.82, 2.24) is 15.2 Å². The second-order valence-electron chi connectivity index (χ2n) is 3.76. The van der Waals surface area contributed by atoms with Crippen molar-refractivity contribution < 1.29 is 13.3 Å². The van der Waals surface area contributed by atoms with E-state index in [1.807, 2.05) is 0 Å². The van der Waals surface area contributed by atoms with E-state index in [1.165, 1.54) is 19.4 Å². The van der Waals surface area contributed by atoms with Gasteiger partial charge in [0.25, 0.3) is 21.7 Å². The first-order chi connectivity index (χ1) is 9.94. The van der Waals surface area contributed by atoms with E-state index >= 15 is 0 Å². The molecule has 0 aliphatic carbocycles. The number of nitrogens with zero attached hydrogens (tertiary/aromatic N) is 4. The van der Waals surface area contributed by atoms with Gasteiger partial charge >= 0.3 is 0 Å². The Morgan fingerprint density at radius 1 is 1.29 bits per heavy atom. The summed E-state index contributed by atoms with van der Waals surface area (Å²) in [6.45, 7) is 0. The number of nitro benzene ring substituents is 1. The SMILES string of the molecule is CNc1cc([N+](=O)[O-])ccc1S(=O)(=O)Nc1nccnn1. The van der Waals surface area contributed by atoms with E-state index < -0.39 is 14.9 Å². The third-order valence-corrected chi connectivity index (χ3v) is 3.83. The van der Waals surface area contributed by atoms with Gasteiger partial charge in [0.2, 0.25) is 0 Å². The van der Waals surface area contributed by atoms with Crippen molar-refractivity contribution in [2.45, 2.75) is 4.90 Å². The molecule has 0 aliphatic heterocycles. The molecule has 0 saturated carbocycles. The van der Waals surface area contributed by atoms with Crippen molar-refractivity contribution in [2.75, 3.05) is 17.1 Å². The lowest BCUT2D eigenvalue weighted by Crippen LogP contribution is -2.17. The van der Waals surface area contributed by atoms with Crippen LogP contribution >= 0.6 is 0 Å². The average Bonchev–Trinajstić information content (AvgIpc) is 2.47. The van der Waals surface area contributed by atoms with Gasteiger partial charge in [0, 0.05) is 19.2 Å². The number of benzene rings is 1. The minimum atomic E-state index is -4.00. The molecule has 21 heavy (non-hydrogen) atoms. The molecule has 0 spiro atoms. The first-order valence-corrected chi connectivity index (χ1v) is 7.05. The lowest BCUT2D eigenvalue weighted by atomic mass is 10.3. The number of non-ortho nitro benzene ring substituents is 1. The molecule has 1 aromatic heterocycles. The lowest BCUT2D eigenvalue weighted by Gasteiger charge is -2.10. The molecule has 0 saturated heterocycles. The van der Waals surface area contributed by atoms with Crippen LogP contribution < -0.4 is 10.0 Å². The highest BCUT2D eigenvalue weighted by molar-refractivity contribution is 7.92. The smallest absolute Gasteiger partial charge is 0.271 e. The summed E-state index contributed by atoms with van der Waals surface area (Å²) in [5, 5.41) is 20.3.